The van der Waals surface area contributed by atoms with Crippen LogP contribution >= 0.6 is 0 Å². The van der Waals surface area contributed by atoms with Gasteiger partial charge in [0.15, 0.2) is 11.5 Å². The first-order valence-electron chi connectivity index (χ1n) is 9.81. The zero-order chi connectivity index (χ0) is 20.4. The van der Waals surface area contributed by atoms with Crippen LogP contribution in [-0.4, -0.2) is 28.3 Å². The second-order valence-corrected chi connectivity index (χ2v) is 7.45. The standard InChI is InChI=1S/C23H24N4O2/c1-15(2)29-21-11-7-5-9-18(21)24-22-13-12-19(25-26-22)23(28)27-16(3)14-17-8-4-6-10-20(17)27/h4-13,15-16H,14H2,1-3H3,(H,24,26). The minimum absolute atomic E-state index is 0.0642. The molecule has 0 saturated carbocycles. The molecule has 0 saturated heterocycles. The lowest BCUT2D eigenvalue weighted by molar-refractivity contribution is 0.0975. The number of nitrogens with zero attached hydrogens (tertiary/aromatic N) is 3. The van der Waals surface area contributed by atoms with Gasteiger partial charge in [-0.3, -0.25) is 4.79 Å². The number of hydrogen-bond donors (Lipinski definition) is 1. The average Bonchev–Trinajstić information content (AvgIpc) is 3.05. The molecule has 6 nitrogen and oxygen atoms in total. The maximum Gasteiger partial charge on any atom is 0.279 e. The Labute approximate surface area is 170 Å². The summed E-state index contributed by atoms with van der Waals surface area (Å²) in [6, 6.07) is 19.2. The van der Waals surface area contributed by atoms with E-state index in [1.165, 1.54) is 5.56 Å². The van der Waals surface area contributed by atoms with Crippen LogP contribution in [0.1, 0.15) is 36.8 Å². The molecule has 1 unspecified atom stereocenters. The molecule has 6 heteroatoms. The zero-order valence-electron chi connectivity index (χ0n) is 16.8. The quantitative estimate of drug-likeness (QED) is 0.692. The van der Waals surface area contributed by atoms with Gasteiger partial charge in [-0.25, -0.2) is 0 Å². The Kier molecular flexibility index (Phi) is 5.16. The monoisotopic (exact) mass is 388 g/mol. The zero-order valence-corrected chi connectivity index (χ0v) is 16.8. The van der Waals surface area contributed by atoms with Crippen molar-refractivity contribution in [3.8, 4) is 5.75 Å². The van der Waals surface area contributed by atoms with Crippen LogP contribution in [0.15, 0.2) is 60.7 Å². The molecule has 1 aliphatic heterocycles. The summed E-state index contributed by atoms with van der Waals surface area (Å²) in [7, 11) is 0. The maximum absolute atomic E-state index is 13.0. The summed E-state index contributed by atoms with van der Waals surface area (Å²) >= 11 is 0. The third kappa shape index (κ3) is 3.92. The molecule has 1 atom stereocenters. The molecular weight excluding hydrogens is 364 g/mol. The summed E-state index contributed by atoms with van der Waals surface area (Å²) in [5, 5.41) is 11.6. The number of carbonyl (C=O) groups is 1. The van der Waals surface area contributed by atoms with Crippen LogP contribution in [0.5, 0.6) is 5.75 Å². The predicted molar refractivity (Wildman–Crippen MR) is 114 cm³/mol. The van der Waals surface area contributed by atoms with Gasteiger partial charge in [0.2, 0.25) is 0 Å². The van der Waals surface area contributed by atoms with E-state index in [9.17, 15) is 4.79 Å². The van der Waals surface area contributed by atoms with Gasteiger partial charge in [0, 0.05) is 11.7 Å². The molecule has 0 bridgehead atoms. The minimum Gasteiger partial charge on any atom is -0.489 e. The van der Waals surface area contributed by atoms with Crippen molar-refractivity contribution in [1.29, 1.82) is 0 Å². The van der Waals surface area contributed by atoms with Crippen molar-refractivity contribution in [2.45, 2.75) is 39.3 Å². The molecule has 2 heterocycles. The molecule has 0 fully saturated rings. The summed E-state index contributed by atoms with van der Waals surface area (Å²) < 4.78 is 5.82. The number of rotatable bonds is 5. The molecule has 1 N–H and O–H groups in total. The molecule has 148 valence electrons. The van der Waals surface area contributed by atoms with Gasteiger partial charge in [-0.1, -0.05) is 30.3 Å². The van der Waals surface area contributed by atoms with Crippen LogP contribution in [0.4, 0.5) is 17.2 Å². The first-order valence-corrected chi connectivity index (χ1v) is 9.81. The number of para-hydroxylation sites is 3. The number of amides is 1. The first-order chi connectivity index (χ1) is 14.0. The molecule has 4 rings (SSSR count). The highest BCUT2D eigenvalue weighted by Crippen LogP contribution is 2.33. The van der Waals surface area contributed by atoms with Gasteiger partial charge in [-0.2, -0.15) is 0 Å². The lowest BCUT2D eigenvalue weighted by Gasteiger charge is -2.22. The first kappa shape index (κ1) is 18.9. The number of ether oxygens (including phenoxy) is 1. The lowest BCUT2D eigenvalue weighted by atomic mass is 10.1. The molecule has 1 amide bonds. The van der Waals surface area contributed by atoms with Gasteiger partial charge >= 0.3 is 0 Å². The molecule has 2 aromatic carbocycles. The van der Waals surface area contributed by atoms with E-state index in [1.807, 2.05) is 63.2 Å². The van der Waals surface area contributed by atoms with Crippen molar-refractivity contribution in [1.82, 2.24) is 10.2 Å². The van der Waals surface area contributed by atoms with Crippen LogP contribution < -0.4 is 15.0 Å². The van der Waals surface area contributed by atoms with Gasteiger partial charge < -0.3 is 15.0 Å². The Morgan fingerprint density at radius 1 is 1.07 bits per heavy atom. The van der Waals surface area contributed by atoms with Crippen molar-refractivity contribution in [2.75, 3.05) is 10.2 Å². The van der Waals surface area contributed by atoms with E-state index in [1.54, 1.807) is 17.0 Å². The highest BCUT2D eigenvalue weighted by Gasteiger charge is 2.32. The van der Waals surface area contributed by atoms with Crippen molar-refractivity contribution < 1.29 is 9.53 Å². The molecule has 0 radical (unpaired) electrons. The average molecular weight is 388 g/mol. The molecule has 1 aliphatic rings. The van der Waals surface area contributed by atoms with Crippen molar-refractivity contribution in [2.24, 2.45) is 0 Å². The number of aromatic nitrogens is 2. The fraction of sp³-hybridized carbons (Fsp3) is 0.261. The number of nitrogens with one attached hydrogen (secondary N) is 1. The number of carbonyl (C=O) groups excluding carboxylic acids is 1. The summed E-state index contributed by atoms with van der Waals surface area (Å²) in [5.74, 6) is 1.16. The van der Waals surface area contributed by atoms with E-state index in [4.69, 9.17) is 4.74 Å². The fourth-order valence-electron chi connectivity index (χ4n) is 3.58. The van der Waals surface area contributed by atoms with Crippen molar-refractivity contribution >= 4 is 23.1 Å². The summed E-state index contributed by atoms with van der Waals surface area (Å²) in [4.78, 5) is 14.9. The Bertz CT molecular complexity index is 1020. The summed E-state index contributed by atoms with van der Waals surface area (Å²) in [6.07, 6.45) is 0.913. The van der Waals surface area contributed by atoms with E-state index in [-0.39, 0.29) is 18.1 Å². The summed E-state index contributed by atoms with van der Waals surface area (Å²) in [6.45, 7) is 6.01. The number of anilines is 3. The topological polar surface area (TPSA) is 67.3 Å². The minimum atomic E-state index is -0.134. The van der Waals surface area contributed by atoms with Gasteiger partial charge in [0.25, 0.3) is 5.91 Å². The second kappa shape index (κ2) is 7.91. The normalized spacial score (nSPS) is 15.3. The molecule has 29 heavy (non-hydrogen) atoms. The third-order valence-electron chi connectivity index (χ3n) is 4.82. The van der Waals surface area contributed by atoms with E-state index >= 15 is 0 Å². The number of fused-ring (bicyclic) bond motifs is 1. The van der Waals surface area contributed by atoms with E-state index in [0.29, 0.717) is 11.5 Å². The lowest BCUT2D eigenvalue weighted by Crippen LogP contribution is -2.36. The second-order valence-electron chi connectivity index (χ2n) is 7.45. The third-order valence-corrected chi connectivity index (χ3v) is 4.82. The molecule has 3 aromatic rings. The number of hydrogen-bond acceptors (Lipinski definition) is 5. The predicted octanol–water partition coefficient (Wildman–Crippen LogP) is 4.60. The Morgan fingerprint density at radius 3 is 2.59 bits per heavy atom. The van der Waals surface area contributed by atoms with Crippen LogP contribution in [-0.2, 0) is 6.42 Å². The SMILES string of the molecule is CC(C)Oc1ccccc1Nc1ccc(C(=O)N2c3ccccc3CC2C)nn1. The Balaban J connectivity index is 1.53. The highest BCUT2D eigenvalue weighted by molar-refractivity contribution is 6.06. The van der Waals surface area contributed by atoms with Gasteiger partial charge in [0.05, 0.1) is 11.8 Å². The van der Waals surface area contributed by atoms with Gasteiger partial charge in [-0.15, -0.1) is 10.2 Å². The summed E-state index contributed by atoms with van der Waals surface area (Å²) in [5.41, 5.74) is 3.26. The van der Waals surface area contributed by atoms with Crippen LogP contribution in [0.25, 0.3) is 0 Å². The van der Waals surface area contributed by atoms with Crippen molar-refractivity contribution in [3.63, 3.8) is 0 Å². The van der Waals surface area contributed by atoms with Crippen LogP contribution in [0.2, 0.25) is 0 Å². The Morgan fingerprint density at radius 2 is 1.83 bits per heavy atom. The largest absolute Gasteiger partial charge is 0.489 e. The highest BCUT2D eigenvalue weighted by atomic mass is 16.5. The van der Waals surface area contributed by atoms with E-state index < -0.39 is 0 Å². The van der Waals surface area contributed by atoms with E-state index in [2.05, 4.69) is 21.6 Å². The fourth-order valence-corrected chi connectivity index (χ4v) is 3.58. The Hall–Kier alpha value is -3.41. The molecule has 0 aliphatic carbocycles. The van der Waals surface area contributed by atoms with Crippen LogP contribution in [0.3, 0.4) is 0 Å². The molecule has 0 spiro atoms. The van der Waals surface area contributed by atoms with Crippen LogP contribution in [0, 0.1) is 0 Å². The van der Waals surface area contributed by atoms with Gasteiger partial charge in [-0.05, 0) is 63.1 Å². The molecule has 1 aromatic heterocycles. The molecular formula is C23H24N4O2. The number of benzene rings is 2. The smallest absolute Gasteiger partial charge is 0.279 e. The van der Waals surface area contributed by atoms with E-state index in [0.717, 1.165) is 23.5 Å². The van der Waals surface area contributed by atoms with Crippen molar-refractivity contribution in [3.05, 3.63) is 71.9 Å². The maximum atomic E-state index is 13.0. The van der Waals surface area contributed by atoms with Gasteiger partial charge in [0.1, 0.15) is 5.75 Å².